The van der Waals surface area contributed by atoms with Crippen molar-refractivity contribution in [2.24, 2.45) is 5.41 Å². The van der Waals surface area contributed by atoms with Crippen LogP contribution < -0.4 is 4.74 Å². The Morgan fingerprint density at radius 1 is 1.19 bits per heavy atom. The molecule has 0 amide bonds. The first kappa shape index (κ1) is 17.5. The molecule has 0 saturated heterocycles. The van der Waals surface area contributed by atoms with Crippen molar-refractivity contribution in [1.29, 1.82) is 0 Å². The molecular formula is C18H28O3. The van der Waals surface area contributed by atoms with Crippen LogP contribution in [-0.2, 0) is 11.2 Å². The van der Waals surface area contributed by atoms with E-state index in [0.29, 0.717) is 5.75 Å². The SMILES string of the molecule is CCC(C)(C)[C@](C)(CC)Oc1cc(C)ccc1CC(=O)O. The van der Waals surface area contributed by atoms with Crippen LogP contribution in [-0.4, -0.2) is 16.7 Å². The van der Waals surface area contributed by atoms with Crippen LogP contribution in [0.4, 0.5) is 0 Å². The van der Waals surface area contributed by atoms with Gasteiger partial charge in [0.1, 0.15) is 11.4 Å². The number of carboxylic acids is 1. The molecule has 1 aromatic carbocycles. The summed E-state index contributed by atoms with van der Waals surface area (Å²) >= 11 is 0. The lowest BCUT2D eigenvalue weighted by atomic mass is 9.72. The molecule has 1 atom stereocenters. The smallest absolute Gasteiger partial charge is 0.307 e. The molecule has 0 fully saturated rings. The summed E-state index contributed by atoms with van der Waals surface area (Å²) in [6, 6.07) is 5.73. The minimum absolute atomic E-state index is 0.00594. The number of rotatable bonds is 7. The van der Waals surface area contributed by atoms with E-state index in [1.54, 1.807) is 0 Å². The summed E-state index contributed by atoms with van der Waals surface area (Å²) in [6.45, 7) is 12.8. The average molecular weight is 292 g/mol. The van der Waals surface area contributed by atoms with Crippen molar-refractivity contribution >= 4 is 5.97 Å². The van der Waals surface area contributed by atoms with E-state index in [1.807, 2.05) is 25.1 Å². The molecule has 3 heteroatoms. The zero-order valence-electron chi connectivity index (χ0n) is 14.1. The van der Waals surface area contributed by atoms with Crippen LogP contribution in [0.3, 0.4) is 0 Å². The Balaban J connectivity index is 3.20. The molecule has 118 valence electrons. The Bertz CT molecular complexity index is 505. The third-order valence-electron chi connectivity index (χ3n) is 4.89. The lowest BCUT2D eigenvalue weighted by Gasteiger charge is -2.44. The zero-order chi connectivity index (χ0) is 16.3. The zero-order valence-corrected chi connectivity index (χ0v) is 14.1. The maximum absolute atomic E-state index is 11.0. The molecule has 0 aliphatic rings. The van der Waals surface area contributed by atoms with Gasteiger partial charge >= 0.3 is 5.97 Å². The van der Waals surface area contributed by atoms with Gasteiger partial charge in [-0.15, -0.1) is 0 Å². The standard InChI is InChI=1S/C18H28O3/c1-7-17(4,5)18(6,8-2)21-15-11-13(3)9-10-14(15)12-16(19)20/h9-11H,7-8,12H2,1-6H3,(H,19,20)/t18-/m0/s1. The molecule has 1 aromatic rings. The van der Waals surface area contributed by atoms with Crippen molar-refractivity contribution in [2.45, 2.75) is 66.4 Å². The molecule has 1 N–H and O–H groups in total. The number of carbonyl (C=O) groups is 1. The number of ether oxygens (including phenoxy) is 1. The van der Waals surface area contributed by atoms with E-state index in [0.717, 1.165) is 24.0 Å². The van der Waals surface area contributed by atoms with Crippen molar-refractivity contribution in [1.82, 2.24) is 0 Å². The van der Waals surface area contributed by atoms with Gasteiger partial charge in [0.05, 0.1) is 6.42 Å². The number of carboxylic acid groups (broad SMARTS) is 1. The Kier molecular flexibility index (Phi) is 5.43. The van der Waals surface area contributed by atoms with Gasteiger partial charge in [0, 0.05) is 11.0 Å². The van der Waals surface area contributed by atoms with Gasteiger partial charge in [-0.25, -0.2) is 0 Å². The van der Waals surface area contributed by atoms with Crippen molar-refractivity contribution < 1.29 is 14.6 Å². The van der Waals surface area contributed by atoms with Crippen molar-refractivity contribution in [3.05, 3.63) is 29.3 Å². The van der Waals surface area contributed by atoms with E-state index in [-0.39, 0.29) is 17.4 Å². The minimum Gasteiger partial charge on any atom is -0.487 e. The van der Waals surface area contributed by atoms with Crippen LogP contribution >= 0.6 is 0 Å². The Morgan fingerprint density at radius 2 is 1.81 bits per heavy atom. The second-order valence-electron chi connectivity index (χ2n) is 6.61. The molecule has 0 aromatic heterocycles. The van der Waals surface area contributed by atoms with Gasteiger partial charge in [0.25, 0.3) is 0 Å². The molecule has 3 nitrogen and oxygen atoms in total. The third kappa shape index (κ3) is 3.99. The monoisotopic (exact) mass is 292 g/mol. The maximum atomic E-state index is 11.0. The predicted octanol–water partition coefficient (Wildman–Crippen LogP) is 4.61. The number of benzene rings is 1. The summed E-state index contributed by atoms with van der Waals surface area (Å²) in [5.41, 5.74) is 1.49. The normalized spacial score (nSPS) is 14.6. The van der Waals surface area contributed by atoms with Gasteiger partial charge in [-0.1, -0.05) is 39.8 Å². The summed E-state index contributed by atoms with van der Waals surface area (Å²) in [4.78, 5) is 11.0. The highest BCUT2D eigenvalue weighted by Crippen LogP contribution is 2.41. The van der Waals surface area contributed by atoms with Crippen molar-refractivity contribution in [3.8, 4) is 5.75 Å². The summed E-state index contributed by atoms with van der Waals surface area (Å²) in [6.07, 6.45) is 1.85. The minimum atomic E-state index is -0.836. The van der Waals surface area contributed by atoms with Crippen molar-refractivity contribution in [2.75, 3.05) is 0 Å². The topological polar surface area (TPSA) is 46.5 Å². The molecular weight excluding hydrogens is 264 g/mol. The fourth-order valence-electron chi connectivity index (χ4n) is 2.37. The molecule has 0 heterocycles. The van der Waals surface area contributed by atoms with Crippen LogP contribution in [0.15, 0.2) is 18.2 Å². The van der Waals surface area contributed by atoms with E-state index in [4.69, 9.17) is 9.84 Å². The molecule has 0 aliphatic carbocycles. The molecule has 0 spiro atoms. The predicted molar refractivity (Wildman–Crippen MR) is 85.9 cm³/mol. The second-order valence-corrected chi connectivity index (χ2v) is 6.61. The van der Waals surface area contributed by atoms with Gasteiger partial charge in [-0.3, -0.25) is 4.79 Å². The van der Waals surface area contributed by atoms with E-state index >= 15 is 0 Å². The largest absolute Gasteiger partial charge is 0.487 e. The number of hydrogen-bond acceptors (Lipinski definition) is 2. The van der Waals surface area contributed by atoms with E-state index in [2.05, 4.69) is 34.6 Å². The van der Waals surface area contributed by atoms with Crippen LogP contribution in [0.2, 0.25) is 0 Å². The molecule has 1 rings (SSSR count). The highest BCUT2D eigenvalue weighted by molar-refractivity contribution is 5.71. The summed E-state index contributed by atoms with van der Waals surface area (Å²) in [5, 5.41) is 9.07. The van der Waals surface area contributed by atoms with E-state index in [9.17, 15) is 4.79 Å². The lowest BCUT2D eigenvalue weighted by Crippen LogP contribution is -2.46. The Morgan fingerprint density at radius 3 is 2.29 bits per heavy atom. The van der Waals surface area contributed by atoms with Gasteiger partial charge < -0.3 is 9.84 Å². The van der Waals surface area contributed by atoms with Gasteiger partial charge in [-0.05, 0) is 38.3 Å². The van der Waals surface area contributed by atoms with Crippen LogP contribution in [0.25, 0.3) is 0 Å². The quantitative estimate of drug-likeness (QED) is 0.798. The molecule has 0 unspecified atom stereocenters. The van der Waals surface area contributed by atoms with Gasteiger partial charge in [-0.2, -0.15) is 0 Å². The first-order valence-electron chi connectivity index (χ1n) is 7.65. The first-order chi connectivity index (χ1) is 9.65. The van der Waals surface area contributed by atoms with Crippen molar-refractivity contribution in [3.63, 3.8) is 0 Å². The fraction of sp³-hybridized carbons (Fsp3) is 0.611. The molecule has 21 heavy (non-hydrogen) atoms. The summed E-state index contributed by atoms with van der Waals surface area (Å²) < 4.78 is 6.36. The molecule has 0 bridgehead atoms. The van der Waals surface area contributed by atoms with Crippen LogP contribution in [0.5, 0.6) is 5.75 Å². The highest BCUT2D eigenvalue weighted by Gasteiger charge is 2.40. The Hall–Kier alpha value is -1.51. The fourth-order valence-corrected chi connectivity index (χ4v) is 2.37. The third-order valence-corrected chi connectivity index (χ3v) is 4.89. The average Bonchev–Trinajstić information content (AvgIpc) is 2.41. The van der Waals surface area contributed by atoms with Crippen LogP contribution in [0, 0.1) is 12.3 Å². The highest BCUT2D eigenvalue weighted by atomic mass is 16.5. The van der Waals surface area contributed by atoms with E-state index < -0.39 is 5.97 Å². The maximum Gasteiger partial charge on any atom is 0.307 e. The first-order valence-corrected chi connectivity index (χ1v) is 7.65. The number of hydrogen-bond donors (Lipinski definition) is 1. The van der Waals surface area contributed by atoms with Gasteiger partial charge in [0.15, 0.2) is 0 Å². The van der Waals surface area contributed by atoms with E-state index in [1.165, 1.54) is 0 Å². The Labute approximate surface area is 128 Å². The summed E-state index contributed by atoms with van der Waals surface area (Å²) in [5.74, 6) is -0.139. The van der Waals surface area contributed by atoms with Crippen LogP contribution in [0.1, 0.15) is 58.6 Å². The summed E-state index contributed by atoms with van der Waals surface area (Å²) in [7, 11) is 0. The number of aliphatic carboxylic acids is 1. The molecule has 0 radical (unpaired) electrons. The second kappa shape index (κ2) is 6.50. The molecule has 0 aliphatic heterocycles. The lowest BCUT2D eigenvalue weighted by molar-refractivity contribution is -0.136. The van der Waals surface area contributed by atoms with Gasteiger partial charge in [0.2, 0.25) is 0 Å². The molecule has 0 saturated carbocycles. The number of aryl methyl sites for hydroxylation is 1.